The second-order valence-corrected chi connectivity index (χ2v) is 11.5. The fourth-order valence-electron chi connectivity index (χ4n) is 6.87. The molecular weight excluding hydrogens is 476 g/mol. The van der Waals surface area contributed by atoms with Crippen molar-refractivity contribution in [3.05, 3.63) is 75.3 Å². The smallest absolute Gasteiger partial charge is 0.161 e. The first kappa shape index (κ1) is 26.3. The highest BCUT2D eigenvalue weighted by atomic mass is 16.3. The Morgan fingerprint density at radius 3 is 1.45 bits per heavy atom. The van der Waals surface area contributed by atoms with Crippen LogP contribution in [0.25, 0.3) is 0 Å². The predicted octanol–water partition coefficient (Wildman–Crippen LogP) is 8.11. The first-order valence-corrected chi connectivity index (χ1v) is 14.2. The van der Waals surface area contributed by atoms with Crippen LogP contribution in [-0.4, -0.2) is 25.5 Å². The summed E-state index contributed by atoms with van der Waals surface area (Å²) in [6.45, 7) is 3.62. The second-order valence-electron chi connectivity index (χ2n) is 11.5. The van der Waals surface area contributed by atoms with E-state index < -0.39 is 5.92 Å². The molecular formula is C33H40O5. The highest BCUT2D eigenvalue weighted by molar-refractivity contribution is 5.63. The quantitative estimate of drug-likeness (QED) is 0.174. The molecule has 202 valence electrons. The zero-order valence-electron chi connectivity index (χ0n) is 22.5. The van der Waals surface area contributed by atoms with E-state index in [2.05, 4.69) is 0 Å². The van der Waals surface area contributed by atoms with Crippen LogP contribution in [0.4, 0.5) is 0 Å². The molecule has 2 aliphatic carbocycles. The number of phenols is 5. The summed E-state index contributed by atoms with van der Waals surface area (Å²) in [6, 6.07) is 11.1. The van der Waals surface area contributed by atoms with Crippen LogP contribution in [0.5, 0.6) is 28.7 Å². The van der Waals surface area contributed by atoms with Crippen molar-refractivity contribution in [3.63, 3.8) is 0 Å². The lowest BCUT2D eigenvalue weighted by molar-refractivity contribution is 0.377. The van der Waals surface area contributed by atoms with Crippen LogP contribution in [0, 0.1) is 13.8 Å². The lowest BCUT2D eigenvalue weighted by Gasteiger charge is -2.30. The molecule has 3 aromatic rings. The molecule has 3 aromatic carbocycles. The van der Waals surface area contributed by atoms with Crippen LogP contribution in [0.3, 0.4) is 0 Å². The summed E-state index contributed by atoms with van der Waals surface area (Å²) in [7, 11) is 0. The normalized spacial score (nSPS) is 17.2. The summed E-state index contributed by atoms with van der Waals surface area (Å²) in [4.78, 5) is 0. The predicted molar refractivity (Wildman–Crippen MR) is 150 cm³/mol. The van der Waals surface area contributed by atoms with Crippen LogP contribution < -0.4 is 0 Å². The number of hydrogen-bond donors (Lipinski definition) is 5. The Morgan fingerprint density at radius 1 is 0.579 bits per heavy atom. The molecule has 0 radical (unpaired) electrons. The number of hydrogen-bond acceptors (Lipinski definition) is 5. The summed E-state index contributed by atoms with van der Waals surface area (Å²) in [6.07, 6.45) is 10.6. The number of phenolic OH excluding ortho intramolecular Hbond substituents is 5. The van der Waals surface area contributed by atoms with Gasteiger partial charge in [-0.25, -0.2) is 0 Å². The lowest BCUT2D eigenvalue weighted by atomic mass is 9.75. The van der Waals surface area contributed by atoms with Gasteiger partial charge in [-0.3, -0.25) is 0 Å². The van der Waals surface area contributed by atoms with Crippen molar-refractivity contribution in [1.82, 2.24) is 0 Å². The third kappa shape index (κ3) is 4.79. The number of benzene rings is 3. The van der Waals surface area contributed by atoms with Crippen molar-refractivity contribution in [2.45, 2.75) is 95.8 Å². The standard InChI is InChI=1S/C33H40O5/c1-19-25(17-27(32(37)30(19)35)21-10-5-3-6-11-21)29(23-14-9-15-24(34)16-23)26-18-28(22-12-7-4-8-13-22)33(38)31(36)20(26)2/h9,14-18,21-22,29,34-38H,3-8,10-13H2,1-2H3. The SMILES string of the molecule is Cc1c(C(c2cccc(O)c2)c2cc(C3CCCCC3)c(O)c(O)c2C)cc(C2CCCCC2)c(O)c1O. The van der Waals surface area contributed by atoms with Crippen molar-refractivity contribution in [2.75, 3.05) is 0 Å². The van der Waals surface area contributed by atoms with Gasteiger partial charge in [0.25, 0.3) is 0 Å². The second kappa shape index (κ2) is 10.8. The molecule has 5 N–H and O–H groups in total. The first-order valence-electron chi connectivity index (χ1n) is 14.2. The van der Waals surface area contributed by atoms with E-state index in [1.54, 1.807) is 18.2 Å². The van der Waals surface area contributed by atoms with Crippen LogP contribution in [0.2, 0.25) is 0 Å². The summed E-state index contributed by atoms with van der Waals surface area (Å²) in [5.74, 6) is -0.250. The van der Waals surface area contributed by atoms with Crippen molar-refractivity contribution in [1.29, 1.82) is 0 Å². The molecule has 0 bridgehead atoms. The van der Waals surface area contributed by atoms with E-state index in [1.807, 2.05) is 32.0 Å². The molecule has 0 amide bonds. The van der Waals surface area contributed by atoms with Gasteiger partial charge in [-0.1, -0.05) is 62.8 Å². The Balaban J connectivity index is 1.75. The van der Waals surface area contributed by atoms with E-state index in [1.165, 1.54) is 12.8 Å². The minimum absolute atomic E-state index is 0.0408. The average molecular weight is 517 g/mol. The number of aromatic hydroxyl groups is 5. The van der Waals surface area contributed by atoms with Gasteiger partial charge in [-0.15, -0.1) is 0 Å². The molecule has 2 saturated carbocycles. The van der Waals surface area contributed by atoms with Crippen molar-refractivity contribution < 1.29 is 25.5 Å². The van der Waals surface area contributed by atoms with Crippen molar-refractivity contribution in [2.24, 2.45) is 0 Å². The fraction of sp³-hybridized carbons (Fsp3) is 0.455. The monoisotopic (exact) mass is 516 g/mol. The maximum Gasteiger partial charge on any atom is 0.161 e. The van der Waals surface area contributed by atoms with Crippen LogP contribution in [0.1, 0.15) is 121 Å². The molecule has 0 unspecified atom stereocenters. The first-order chi connectivity index (χ1) is 18.3. The number of rotatable bonds is 5. The summed E-state index contributed by atoms with van der Waals surface area (Å²) >= 11 is 0. The molecule has 2 fully saturated rings. The van der Waals surface area contributed by atoms with Crippen molar-refractivity contribution >= 4 is 0 Å². The van der Waals surface area contributed by atoms with E-state index in [0.717, 1.165) is 79.2 Å². The van der Waals surface area contributed by atoms with Gasteiger partial charge in [0.05, 0.1) is 0 Å². The molecule has 5 rings (SSSR count). The highest BCUT2D eigenvalue weighted by Crippen LogP contribution is 2.51. The third-order valence-electron chi connectivity index (χ3n) is 9.11. The Hall–Kier alpha value is -3.34. The fourth-order valence-corrected chi connectivity index (χ4v) is 6.87. The zero-order chi connectivity index (χ0) is 27.0. The van der Waals surface area contributed by atoms with Crippen LogP contribution in [-0.2, 0) is 0 Å². The summed E-state index contributed by atoms with van der Waals surface area (Å²) in [5, 5.41) is 54.7. The molecule has 0 atom stereocenters. The maximum atomic E-state index is 11.1. The Labute approximate surface area is 225 Å². The molecule has 5 heteroatoms. The van der Waals surface area contributed by atoms with Gasteiger partial charge in [-0.05, 0) is 91.3 Å². The molecule has 38 heavy (non-hydrogen) atoms. The average Bonchev–Trinajstić information content (AvgIpc) is 2.94. The van der Waals surface area contributed by atoms with Gasteiger partial charge >= 0.3 is 0 Å². The van der Waals surface area contributed by atoms with Crippen molar-refractivity contribution in [3.8, 4) is 28.7 Å². The molecule has 0 saturated heterocycles. The Bertz CT molecular complexity index is 1240. The minimum atomic E-state index is -0.426. The lowest BCUT2D eigenvalue weighted by Crippen LogP contribution is -2.12. The molecule has 0 aliphatic heterocycles. The van der Waals surface area contributed by atoms with E-state index in [-0.39, 0.29) is 40.6 Å². The Morgan fingerprint density at radius 2 is 1.03 bits per heavy atom. The summed E-state index contributed by atoms with van der Waals surface area (Å²) in [5.41, 5.74) is 5.14. The van der Waals surface area contributed by atoms with E-state index in [9.17, 15) is 25.5 Å². The minimum Gasteiger partial charge on any atom is -0.508 e. The van der Waals surface area contributed by atoms with Gasteiger partial charge < -0.3 is 25.5 Å². The van der Waals surface area contributed by atoms with E-state index in [0.29, 0.717) is 11.1 Å². The topological polar surface area (TPSA) is 101 Å². The third-order valence-corrected chi connectivity index (χ3v) is 9.11. The van der Waals surface area contributed by atoms with Gasteiger partial charge in [0.2, 0.25) is 0 Å². The van der Waals surface area contributed by atoms with Crippen LogP contribution >= 0.6 is 0 Å². The molecule has 0 spiro atoms. The largest absolute Gasteiger partial charge is 0.508 e. The molecule has 0 aromatic heterocycles. The van der Waals surface area contributed by atoms with Gasteiger partial charge in [-0.2, -0.15) is 0 Å². The highest BCUT2D eigenvalue weighted by Gasteiger charge is 2.31. The van der Waals surface area contributed by atoms with E-state index in [4.69, 9.17) is 0 Å². The van der Waals surface area contributed by atoms with Gasteiger partial charge in [0.1, 0.15) is 5.75 Å². The maximum absolute atomic E-state index is 11.1. The van der Waals surface area contributed by atoms with Crippen LogP contribution in [0.15, 0.2) is 36.4 Å². The molecule has 2 aliphatic rings. The summed E-state index contributed by atoms with van der Waals surface area (Å²) < 4.78 is 0. The Kier molecular flexibility index (Phi) is 7.47. The molecule has 5 nitrogen and oxygen atoms in total. The molecule has 0 heterocycles. The van der Waals surface area contributed by atoms with Gasteiger partial charge in [0, 0.05) is 17.0 Å². The van der Waals surface area contributed by atoms with E-state index >= 15 is 0 Å². The zero-order valence-corrected chi connectivity index (χ0v) is 22.5. The van der Waals surface area contributed by atoms with Gasteiger partial charge in [0.15, 0.2) is 23.0 Å².